The minimum Gasteiger partial charge on any atom is -0.462 e. The van der Waals surface area contributed by atoms with Gasteiger partial charge >= 0.3 is 0 Å². The van der Waals surface area contributed by atoms with Crippen LogP contribution >= 0.6 is 0 Å². The van der Waals surface area contributed by atoms with Crippen LogP contribution in [0, 0.1) is 11.3 Å². The zero-order valence-corrected chi connectivity index (χ0v) is 13.6. The average molecular weight is 355 g/mol. The maximum atomic E-state index is 12.4. The molecule has 1 heterocycles. The van der Waals surface area contributed by atoms with E-state index in [9.17, 15) is 15.0 Å². The molecule has 1 fully saturated rings. The SMILES string of the molecule is N#Cc1ccc(C(=O)c2ccc(O[C@H]3O[C@H](CO)[C@H](O)[C@@H]3O)cc2)cc1. The topological polar surface area (TPSA) is 120 Å². The highest BCUT2D eigenvalue weighted by Gasteiger charge is 2.43. The second-order valence-electron chi connectivity index (χ2n) is 5.87. The van der Waals surface area contributed by atoms with Crippen LogP contribution in [-0.4, -0.2) is 52.3 Å². The first-order valence-corrected chi connectivity index (χ1v) is 7.97. The Morgan fingerprint density at radius 2 is 1.62 bits per heavy atom. The number of benzene rings is 2. The number of hydrogen-bond donors (Lipinski definition) is 3. The van der Waals surface area contributed by atoms with Crippen molar-refractivity contribution in [2.24, 2.45) is 0 Å². The third-order valence-corrected chi connectivity index (χ3v) is 4.14. The number of aliphatic hydroxyl groups excluding tert-OH is 3. The Bertz CT molecular complexity index is 811. The van der Waals surface area contributed by atoms with Gasteiger partial charge in [-0.15, -0.1) is 0 Å². The Labute approximate surface area is 149 Å². The monoisotopic (exact) mass is 355 g/mol. The lowest BCUT2D eigenvalue weighted by Crippen LogP contribution is -2.35. The molecule has 1 aliphatic rings. The van der Waals surface area contributed by atoms with Crippen molar-refractivity contribution in [2.75, 3.05) is 6.61 Å². The zero-order valence-electron chi connectivity index (χ0n) is 13.6. The molecule has 7 heteroatoms. The molecule has 0 amide bonds. The van der Waals surface area contributed by atoms with Crippen molar-refractivity contribution in [3.8, 4) is 11.8 Å². The molecule has 1 aliphatic heterocycles. The maximum Gasteiger partial charge on any atom is 0.229 e. The van der Waals surface area contributed by atoms with Gasteiger partial charge in [0.25, 0.3) is 0 Å². The van der Waals surface area contributed by atoms with Crippen LogP contribution in [0.5, 0.6) is 5.75 Å². The van der Waals surface area contributed by atoms with Gasteiger partial charge in [-0.2, -0.15) is 5.26 Å². The van der Waals surface area contributed by atoms with Crippen molar-refractivity contribution in [1.29, 1.82) is 5.26 Å². The number of aliphatic hydroxyl groups is 3. The van der Waals surface area contributed by atoms with Crippen LogP contribution < -0.4 is 4.74 Å². The predicted molar refractivity (Wildman–Crippen MR) is 89.4 cm³/mol. The Morgan fingerprint density at radius 1 is 1.04 bits per heavy atom. The van der Waals surface area contributed by atoms with Crippen LogP contribution in [0.2, 0.25) is 0 Å². The minimum absolute atomic E-state index is 0.200. The summed E-state index contributed by atoms with van der Waals surface area (Å²) >= 11 is 0. The van der Waals surface area contributed by atoms with Crippen molar-refractivity contribution in [2.45, 2.75) is 24.6 Å². The van der Waals surface area contributed by atoms with Gasteiger partial charge in [0.15, 0.2) is 5.78 Å². The van der Waals surface area contributed by atoms with Gasteiger partial charge in [0.2, 0.25) is 6.29 Å². The highest BCUT2D eigenvalue weighted by molar-refractivity contribution is 6.09. The summed E-state index contributed by atoms with van der Waals surface area (Å²) in [4.78, 5) is 12.4. The van der Waals surface area contributed by atoms with Crippen molar-refractivity contribution in [1.82, 2.24) is 0 Å². The molecule has 134 valence electrons. The smallest absolute Gasteiger partial charge is 0.229 e. The van der Waals surface area contributed by atoms with Crippen LogP contribution in [0.15, 0.2) is 48.5 Å². The van der Waals surface area contributed by atoms with Crippen molar-refractivity contribution in [3.63, 3.8) is 0 Å². The highest BCUT2D eigenvalue weighted by atomic mass is 16.7. The van der Waals surface area contributed by atoms with E-state index < -0.39 is 31.2 Å². The molecule has 4 atom stereocenters. The van der Waals surface area contributed by atoms with Crippen molar-refractivity contribution < 1.29 is 29.6 Å². The lowest BCUT2D eigenvalue weighted by molar-refractivity contribution is -0.116. The molecule has 0 bridgehead atoms. The zero-order chi connectivity index (χ0) is 18.7. The van der Waals surface area contributed by atoms with Crippen molar-refractivity contribution in [3.05, 3.63) is 65.2 Å². The van der Waals surface area contributed by atoms with Gasteiger partial charge in [0.05, 0.1) is 18.2 Å². The summed E-state index contributed by atoms with van der Waals surface area (Å²) in [5, 5.41) is 37.4. The van der Waals surface area contributed by atoms with Gasteiger partial charge in [-0.1, -0.05) is 0 Å². The van der Waals surface area contributed by atoms with Gasteiger partial charge in [-0.3, -0.25) is 4.79 Å². The summed E-state index contributed by atoms with van der Waals surface area (Å²) in [6.07, 6.45) is -4.54. The Morgan fingerprint density at radius 3 is 2.12 bits per heavy atom. The van der Waals surface area contributed by atoms with Crippen LogP contribution in [0.25, 0.3) is 0 Å². The van der Waals surface area contributed by atoms with E-state index in [1.54, 1.807) is 48.5 Å². The standard InChI is InChI=1S/C19H17NO6/c20-9-11-1-3-12(4-2-11)16(22)13-5-7-14(8-6-13)25-19-18(24)17(23)15(10-21)26-19/h1-8,15,17-19,21,23-24H,10H2/t15-,17+,18+,19+/m1/s1. The van der Waals surface area contributed by atoms with E-state index in [-0.39, 0.29) is 5.78 Å². The van der Waals surface area contributed by atoms with Gasteiger partial charge < -0.3 is 24.8 Å². The summed E-state index contributed by atoms with van der Waals surface area (Å²) in [7, 11) is 0. The third kappa shape index (κ3) is 3.59. The van der Waals surface area contributed by atoms with E-state index in [0.717, 1.165) is 0 Å². The lowest BCUT2D eigenvalue weighted by Gasteiger charge is -2.16. The second kappa shape index (κ2) is 7.64. The quantitative estimate of drug-likeness (QED) is 0.672. The van der Waals surface area contributed by atoms with Crippen LogP contribution in [0.3, 0.4) is 0 Å². The minimum atomic E-state index is -1.29. The van der Waals surface area contributed by atoms with E-state index in [1.807, 2.05) is 6.07 Å². The molecule has 0 unspecified atom stereocenters. The molecular weight excluding hydrogens is 338 g/mol. The molecule has 2 aromatic carbocycles. The van der Waals surface area contributed by atoms with Gasteiger partial charge in [0.1, 0.15) is 24.1 Å². The highest BCUT2D eigenvalue weighted by Crippen LogP contribution is 2.25. The average Bonchev–Trinajstić information content (AvgIpc) is 2.96. The number of hydrogen-bond acceptors (Lipinski definition) is 7. The number of carbonyl (C=O) groups is 1. The number of carbonyl (C=O) groups excluding carboxylic acids is 1. The number of ketones is 1. The Hall–Kier alpha value is -2.76. The summed E-state index contributed by atoms with van der Waals surface area (Å²) in [6, 6.07) is 14.5. The van der Waals surface area contributed by atoms with E-state index in [2.05, 4.69) is 0 Å². The fraction of sp³-hybridized carbons (Fsp3) is 0.263. The number of ether oxygens (including phenoxy) is 2. The fourth-order valence-corrected chi connectivity index (χ4v) is 2.64. The Balaban J connectivity index is 1.68. The van der Waals surface area contributed by atoms with Gasteiger partial charge in [-0.25, -0.2) is 0 Å². The van der Waals surface area contributed by atoms with E-state index in [1.165, 1.54) is 0 Å². The molecule has 0 saturated carbocycles. The summed E-state index contributed by atoms with van der Waals surface area (Å²) in [5.74, 6) is 0.144. The molecule has 7 nitrogen and oxygen atoms in total. The maximum absolute atomic E-state index is 12.4. The second-order valence-corrected chi connectivity index (χ2v) is 5.87. The first-order chi connectivity index (χ1) is 12.5. The summed E-state index contributed by atoms with van der Waals surface area (Å²) < 4.78 is 10.7. The van der Waals surface area contributed by atoms with Crippen LogP contribution in [0.1, 0.15) is 21.5 Å². The molecule has 0 aliphatic carbocycles. The van der Waals surface area contributed by atoms with Crippen LogP contribution in [0.4, 0.5) is 0 Å². The van der Waals surface area contributed by atoms with Gasteiger partial charge in [0, 0.05) is 11.1 Å². The molecular formula is C19H17NO6. The summed E-state index contributed by atoms with van der Waals surface area (Å²) in [6.45, 7) is -0.434. The molecule has 3 rings (SSSR count). The number of rotatable bonds is 5. The molecule has 0 spiro atoms. The molecule has 26 heavy (non-hydrogen) atoms. The predicted octanol–water partition coefficient (Wildman–Crippen LogP) is 0.607. The van der Waals surface area contributed by atoms with Crippen LogP contribution in [-0.2, 0) is 4.74 Å². The Kier molecular flexibility index (Phi) is 5.30. The molecule has 0 radical (unpaired) electrons. The fourth-order valence-electron chi connectivity index (χ4n) is 2.64. The van der Waals surface area contributed by atoms with E-state index in [0.29, 0.717) is 22.4 Å². The lowest BCUT2D eigenvalue weighted by atomic mass is 10.0. The normalized spacial score (nSPS) is 24.8. The third-order valence-electron chi connectivity index (χ3n) is 4.14. The van der Waals surface area contributed by atoms with E-state index in [4.69, 9.17) is 19.8 Å². The first-order valence-electron chi connectivity index (χ1n) is 7.97. The summed E-state index contributed by atoms with van der Waals surface area (Å²) in [5.41, 5.74) is 1.37. The molecule has 1 saturated heterocycles. The molecule has 3 N–H and O–H groups in total. The largest absolute Gasteiger partial charge is 0.462 e. The molecule has 2 aromatic rings. The molecule has 0 aromatic heterocycles. The van der Waals surface area contributed by atoms with Crippen molar-refractivity contribution >= 4 is 5.78 Å². The number of nitrogens with zero attached hydrogens (tertiary/aromatic N) is 1. The number of nitriles is 1. The van der Waals surface area contributed by atoms with E-state index >= 15 is 0 Å². The van der Waals surface area contributed by atoms with Gasteiger partial charge in [-0.05, 0) is 48.5 Å². The first kappa shape index (κ1) is 18.0.